The summed E-state index contributed by atoms with van der Waals surface area (Å²) in [6.45, 7) is 1.74. The molecule has 1 aromatic carbocycles. The van der Waals surface area contributed by atoms with Crippen molar-refractivity contribution in [2.75, 3.05) is 13.2 Å². The van der Waals surface area contributed by atoms with Crippen LogP contribution in [0.15, 0.2) is 18.2 Å². The Kier molecular flexibility index (Phi) is 4.57. The lowest BCUT2D eigenvalue weighted by Gasteiger charge is -2.37. The lowest BCUT2D eigenvalue weighted by atomic mass is 9.91. The number of aliphatic hydroxyl groups excluding tert-OH is 1. The number of halogens is 1. The van der Waals surface area contributed by atoms with Crippen molar-refractivity contribution in [2.24, 2.45) is 5.92 Å². The molecule has 3 heteroatoms. The fourth-order valence-corrected chi connectivity index (χ4v) is 3.94. The lowest BCUT2D eigenvalue weighted by molar-refractivity contribution is 0.106. The second-order valence-corrected chi connectivity index (χ2v) is 6.18. The molecule has 1 aliphatic heterocycles. The number of hydrogen-bond donors (Lipinski definition) is 1. The van der Waals surface area contributed by atoms with E-state index in [1.807, 2.05) is 6.07 Å². The summed E-state index contributed by atoms with van der Waals surface area (Å²) in [4.78, 5) is 2.53. The third-order valence-electron chi connectivity index (χ3n) is 4.76. The van der Waals surface area contributed by atoms with E-state index in [4.69, 9.17) is 5.11 Å². The predicted octanol–water partition coefficient (Wildman–Crippen LogP) is 2.93. The van der Waals surface area contributed by atoms with E-state index in [9.17, 15) is 4.39 Å². The van der Waals surface area contributed by atoms with Crippen molar-refractivity contribution >= 4 is 0 Å². The van der Waals surface area contributed by atoms with Gasteiger partial charge in [-0.1, -0.05) is 18.3 Å². The van der Waals surface area contributed by atoms with Crippen LogP contribution >= 0.6 is 0 Å². The largest absolute Gasteiger partial charge is 0.384 e. The number of nitrogens with zero attached hydrogens (tertiary/aromatic N) is 1. The highest BCUT2D eigenvalue weighted by molar-refractivity contribution is 5.37. The van der Waals surface area contributed by atoms with E-state index < -0.39 is 0 Å². The van der Waals surface area contributed by atoms with Crippen LogP contribution in [0.2, 0.25) is 0 Å². The Labute approximate surface area is 126 Å². The fourth-order valence-electron chi connectivity index (χ4n) is 3.94. The summed E-state index contributed by atoms with van der Waals surface area (Å²) >= 11 is 0. The number of aliphatic hydroxyl groups is 1. The maximum absolute atomic E-state index is 13.7. The maximum atomic E-state index is 13.7. The highest BCUT2D eigenvalue weighted by Gasteiger charge is 2.34. The Morgan fingerprint density at radius 1 is 1.19 bits per heavy atom. The van der Waals surface area contributed by atoms with Gasteiger partial charge >= 0.3 is 0 Å². The van der Waals surface area contributed by atoms with Crippen LogP contribution in [-0.2, 0) is 6.54 Å². The van der Waals surface area contributed by atoms with Gasteiger partial charge in [-0.3, -0.25) is 4.90 Å². The van der Waals surface area contributed by atoms with E-state index in [2.05, 4.69) is 16.7 Å². The second kappa shape index (κ2) is 6.60. The number of piperidine rings is 1. The number of rotatable bonds is 2. The summed E-state index contributed by atoms with van der Waals surface area (Å²) in [7, 11) is 0. The van der Waals surface area contributed by atoms with Gasteiger partial charge < -0.3 is 5.11 Å². The molecule has 1 aromatic rings. The molecule has 1 heterocycles. The van der Waals surface area contributed by atoms with Crippen LogP contribution in [-0.4, -0.2) is 29.2 Å². The minimum atomic E-state index is -0.241. The van der Waals surface area contributed by atoms with E-state index in [0.717, 1.165) is 24.6 Å². The first-order valence-corrected chi connectivity index (χ1v) is 7.89. The van der Waals surface area contributed by atoms with Gasteiger partial charge in [0.2, 0.25) is 0 Å². The normalized spacial score (nSPS) is 25.2. The van der Waals surface area contributed by atoms with Gasteiger partial charge in [0.05, 0.1) is 0 Å². The van der Waals surface area contributed by atoms with Crippen molar-refractivity contribution in [3.8, 4) is 11.8 Å². The quantitative estimate of drug-likeness (QED) is 0.845. The van der Waals surface area contributed by atoms with Crippen molar-refractivity contribution in [1.82, 2.24) is 4.90 Å². The number of benzene rings is 1. The average molecular weight is 287 g/mol. The van der Waals surface area contributed by atoms with Crippen molar-refractivity contribution in [3.05, 3.63) is 35.1 Å². The van der Waals surface area contributed by atoms with Crippen molar-refractivity contribution in [1.29, 1.82) is 0 Å². The molecule has 0 amide bonds. The smallest absolute Gasteiger partial charge is 0.124 e. The molecule has 2 atom stereocenters. The monoisotopic (exact) mass is 287 g/mol. The maximum Gasteiger partial charge on any atom is 0.124 e. The van der Waals surface area contributed by atoms with Gasteiger partial charge in [0.1, 0.15) is 12.4 Å². The molecule has 1 N–H and O–H groups in total. The molecule has 2 unspecified atom stereocenters. The Morgan fingerprint density at radius 2 is 2.05 bits per heavy atom. The molecular weight excluding hydrogens is 265 g/mol. The van der Waals surface area contributed by atoms with Crippen molar-refractivity contribution in [3.63, 3.8) is 0 Å². The molecule has 21 heavy (non-hydrogen) atoms. The summed E-state index contributed by atoms with van der Waals surface area (Å²) in [5.41, 5.74) is 1.64. The highest BCUT2D eigenvalue weighted by Crippen LogP contribution is 2.37. The van der Waals surface area contributed by atoms with Gasteiger partial charge in [-0.15, -0.1) is 0 Å². The molecule has 2 fully saturated rings. The van der Waals surface area contributed by atoms with Crippen LogP contribution in [0.5, 0.6) is 0 Å². The highest BCUT2D eigenvalue weighted by atomic mass is 19.1. The molecule has 0 aromatic heterocycles. The molecule has 1 aliphatic carbocycles. The average Bonchev–Trinajstić information content (AvgIpc) is 2.94. The van der Waals surface area contributed by atoms with Crippen LogP contribution in [0.1, 0.15) is 43.2 Å². The van der Waals surface area contributed by atoms with Gasteiger partial charge in [0, 0.05) is 18.2 Å². The third kappa shape index (κ3) is 3.45. The standard InChI is InChI=1S/C18H22FNO/c19-17-11-14(4-3-9-21)10-15(12-17)13-20-8-2-6-16-5-1-7-18(16)20/h10-12,16,18,21H,1-2,5-9,13H2. The second-order valence-electron chi connectivity index (χ2n) is 6.18. The third-order valence-corrected chi connectivity index (χ3v) is 4.76. The predicted molar refractivity (Wildman–Crippen MR) is 81.1 cm³/mol. The zero-order valence-corrected chi connectivity index (χ0v) is 12.3. The fraction of sp³-hybridized carbons (Fsp3) is 0.556. The van der Waals surface area contributed by atoms with Gasteiger partial charge in [-0.2, -0.15) is 0 Å². The molecule has 3 rings (SSSR count). The van der Waals surface area contributed by atoms with Crippen molar-refractivity contribution in [2.45, 2.75) is 44.7 Å². The van der Waals surface area contributed by atoms with E-state index in [1.54, 1.807) is 6.07 Å². The zero-order chi connectivity index (χ0) is 14.7. The first-order chi connectivity index (χ1) is 10.3. The topological polar surface area (TPSA) is 23.5 Å². The van der Waals surface area contributed by atoms with E-state index in [0.29, 0.717) is 11.6 Å². The lowest BCUT2D eigenvalue weighted by Crippen LogP contribution is -2.41. The minimum Gasteiger partial charge on any atom is -0.384 e. The number of likely N-dealkylation sites (tertiary alicyclic amines) is 1. The first kappa shape index (κ1) is 14.6. The molecule has 1 saturated heterocycles. The summed E-state index contributed by atoms with van der Waals surface area (Å²) < 4.78 is 13.7. The van der Waals surface area contributed by atoms with Crippen LogP contribution in [0, 0.1) is 23.6 Å². The minimum absolute atomic E-state index is 0.193. The number of hydrogen-bond acceptors (Lipinski definition) is 2. The summed E-state index contributed by atoms with van der Waals surface area (Å²) in [5.74, 6) is 5.99. The van der Waals surface area contributed by atoms with E-state index in [1.165, 1.54) is 38.2 Å². The molecular formula is C18H22FNO. The molecule has 0 bridgehead atoms. The Hall–Kier alpha value is -1.37. The molecule has 1 saturated carbocycles. The van der Waals surface area contributed by atoms with Crippen LogP contribution < -0.4 is 0 Å². The SMILES string of the molecule is OCC#Cc1cc(F)cc(CN2CCCC3CCCC32)c1. The molecule has 0 radical (unpaired) electrons. The van der Waals surface area contributed by atoms with Gasteiger partial charge in [-0.25, -0.2) is 4.39 Å². The van der Waals surface area contributed by atoms with Gasteiger partial charge in [-0.05, 0) is 61.9 Å². The first-order valence-electron chi connectivity index (χ1n) is 7.89. The summed E-state index contributed by atoms with van der Waals surface area (Å²) in [6, 6.07) is 5.68. The Balaban J connectivity index is 1.76. The molecule has 2 nitrogen and oxygen atoms in total. The van der Waals surface area contributed by atoms with Crippen LogP contribution in [0.4, 0.5) is 4.39 Å². The zero-order valence-electron chi connectivity index (χ0n) is 12.3. The van der Waals surface area contributed by atoms with Gasteiger partial charge in [0.15, 0.2) is 0 Å². The van der Waals surface area contributed by atoms with E-state index in [-0.39, 0.29) is 12.4 Å². The summed E-state index contributed by atoms with van der Waals surface area (Å²) in [5, 5.41) is 8.75. The van der Waals surface area contributed by atoms with Crippen molar-refractivity contribution < 1.29 is 9.50 Å². The number of fused-ring (bicyclic) bond motifs is 1. The van der Waals surface area contributed by atoms with Crippen LogP contribution in [0.25, 0.3) is 0 Å². The molecule has 2 aliphatic rings. The Bertz CT molecular complexity index is 560. The molecule has 112 valence electrons. The molecule has 0 spiro atoms. The van der Waals surface area contributed by atoms with Crippen LogP contribution in [0.3, 0.4) is 0 Å². The van der Waals surface area contributed by atoms with Gasteiger partial charge in [0.25, 0.3) is 0 Å². The summed E-state index contributed by atoms with van der Waals surface area (Å²) in [6.07, 6.45) is 6.60. The Morgan fingerprint density at radius 3 is 2.90 bits per heavy atom. The van der Waals surface area contributed by atoms with E-state index >= 15 is 0 Å².